The quantitative estimate of drug-likeness (QED) is 0.623. The first-order valence-electron chi connectivity index (χ1n) is 10.9. The van der Waals surface area contributed by atoms with E-state index in [2.05, 4.69) is 19.2 Å². The van der Waals surface area contributed by atoms with Crippen molar-refractivity contribution in [3.05, 3.63) is 30.3 Å². The molecular weight excluding hydrogens is 352 g/mol. The minimum Gasteiger partial charge on any atom is -0.493 e. The van der Waals surface area contributed by atoms with Crippen LogP contribution in [-0.4, -0.2) is 43.0 Å². The molecular formula is C23H36N2O3. The van der Waals surface area contributed by atoms with Crippen LogP contribution in [0.3, 0.4) is 0 Å². The summed E-state index contributed by atoms with van der Waals surface area (Å²) in [6, 6.07) is 9.55. The number of ether oxygens (including phenoxy) is 1. The molecule has 1 atom stereocenters. The van der Waals surface area contributed by atoms with Crippen molar-refractivity contribution in [1.29, 1.82) is 0 Å². The number of carbonyl (C=O) groups is 2. The van der Waals surface area contributed by atoms with E-state index in [1.165, 1.54) is 19.3 Å². The molecule has 0 saturated carbocycles. The number of benzene rings is 1. The maximum Gasteiger partial charge on any atom is 0.225 e. The van der Waals surface area contributed by atoms with Crippen molar-refractivity contribution in [3.63, 3.8) is 0 Å². The van der Waals surface area contributed by atoms with Crippen LogP contribution >= 0.6 is 0 Å². The van der Waals surface area contributed by atoms with Gasteiger partial charge in [-0.15, -0.1) is 0 Å². The number of likely N-dealkylation sites (tertiary alicyclic amines) is 1. The van der Waals surface area contributed by atoms with Crippen molar-refractivity contribution in [2.45, 2.75) is 58.8 Å². The molecule has 1 aromatic rings. The van der Waals surface area contributed by atoms with Crippen LogP contribution in [0.1, 0.15) is 58.8 Å². The van der Waals surface area contributed by atoms with Crippen molar-refractivity contribution < 1.29 is 14.3 Å². The van der Waals surface area contributed by atoms with Gasteiger partial charge in [-0.25, -0.2) is 0 Å². The van der Waals surface area contributed by atoms with Gasteiger partial charge in [0.1, 0.15) is 5.75 Å². The van der Waals surface area contributed by atoms with E-state index >= 15 is 0 Å². The smallest absolute Gasteiger partial charge is 0.225 e. The van der Waals surface area contributed by atoms with E-state index in [4.69, 9.17) is 4.74 Å². The van der Waals surface area contributed by atoms with Crippen LogP contribution in [0.5, 0.6) is 5.75 Å². The van der Waals surface area contributed by atoms with Gasteiger partial charge in [0, 0.05) is 25.6 Å². The zero-order valence-electron chi connectivity index (χ0n) is 17.5. The number of hydrogen-bond acceptors (Lipinski definition) is 3. The summed E-state index contributed by atoms with van der Waals surface area (Å²) < 4.78 is 5.61. The first kappa shape index (κ1) is 22.3. The monoisotopic (exact) mass is 388 g/mol. The van der Waals surface area contributed by atoms with Crippen LogP contribution in [0.25, 0.3) is 0 Å². The fourth-order valence-corrected chi connectivity index (χ4v) is 3.65. The zero-order chi connectivity index (χ0) is 20.2. The Morgan fingerprint density at radius 3 is 2.54 bits per heavy atom. The van der Waals surface area contributed by atoms with Crippen LogP contribution < -0.4 is 10.1 Å². The van der Waals surface area contributed by atoms with Gasteiger partial charge in [-0.05, 0) is 37.3 Å². The second-order valence-electron chi connectivity index (χ2n) is 7.73. The summed E-state index contributed by atoms with van der Waals surface area (Å²) in [6.07, 6.45) is 6.60. The maximum absolute atomic E-state index is 12.5. The van der Waals surface area contributed by atoms with Crippen LogP contribution in [0.15, 0.2) is 30.3 Å². The third-order valence-corrected chi connectivity index (χ3v) is 5.65. The molecule has 1 aliphatic rings. The zero-order valence-corrected chi connectivity index (χ0v) is 17.5. The van der Waals surface area contributed by atoms with Gasteiger partial charge in [0.15, 0.2) is 0 Å². The molecule has 0 aliphatic carbocycles. The summed E-state index contributed by atoms with van der Waals surface area (Å²) in [5.74, 6) is 1.67. The molecule has 0 radical (unpaired) electrons. The molecule has 1 N–H and O–H groups in total. The van der Waals surface area contributed by atoms with E-state index in [1.54, 1.807) is 0 Å². The largest absolute Gasteiger partial charge is 0.493 e. The average molecular weight is 389 g/mol. The highest BCUT2D eigenvalue weighted by Crippen LogP contribution is 2.19. The van der Waals surface area contributed by atoms with E-state index < -0.39 is 0 Å². The summed E-state index contributed by atoms with van der Waals surface area (Å²) in [6.45, 7) is 6.89. The lowest BCUT2D eigenvalue weighted by molar-refractivity contribution is -0.136. The summed E-state index contributed by atoms with van der Waals surface area (Å²) in [7, 11) is 0. The SMILES string of the molecule is CCCCC(CC)CNC(=O)C1CCN(C(=O)CCOc2ccccc2)CC1. The number of rotatable bonds is 11. The summed E-state index contributed by atoms with van der Waals surface area (Å²) in [5, 5.41) is 3.15. The second-order valence-corrected chi connectivity index (χ2v) is 7.73. The summed E-state index contributed by atoms with van der Waals surface area (Å²) >= 11 is 0. The van der Waals surface area contributed by atoms with Crippen LogP contribution in [0.2, 0.25) is 0 Å². The van der Waals surface area contributed by atoms with Gasteiger partial charge < -0.3 is 15.0 Å². The molecule has 1 fully saturated rings. The maximum atomic E-state index is 12.5. The summed E-state index contributed by atoms with van der Waals surface area (Å²) in [5.41, 5.74) is 0. The molecule has 2 amide bonds. The van der Waals surface area contributed by atoms with Gasteiger partial charge in [0.25, 0.3) is 0 Å². The molecule has 0 bridgehead atoms. The lowest BCUT2D eigenvalue weighted by atomic mass is 9.94. The minimum atomic E-state index is 0.0355. The number of unbranched alkanes of at least 4 members (excludes halogenated alkanes) is 1. The molecule has 28 heavy (non-hydrogen) atoms. The first-order chi connectivity index (χ1) is 13.6. The second kappa shape index (κ2) is 12.4. The van der Waals surface area contributed by atoms with Gasteiger partial charge in [-0.2, -0.15) is 0 Å². The van der Waals surface area contributed by atoms with E-state index in [9.17, 15) is 9.59 Å². The van der Waals surface area contributed by atoms with Crippen LogP contribution in [0, 0.1) is 11.8 Å². The highest BCUT2D eigenvalue weighted by Gasteiger charge is 2.27. The topological polar surface area (TPSA) is 58.6 Å². The van der Waals surface area contributed by atoms with Crippen LogP contribution in [0.4, 0.5) is 0 Å². The third-order valence-electron chi connectivity index (χ3n) is 5.65. The number of nitrogens with zero attached hydrogens (tertiary/aromatic N) is 1. The number of para-hydroxylation sites is 1. The molecule has 0 spiro atoms. The number of nitrogens with one attached hydrogen (secondary N) is 1. The number of carbonyl (C=O) groups excluding carboxylic acids is 2. The fourth-order valence-electron chi connectivity index (χ4n) is 3.65. The normalized spacial score (nSPS) is 15.9. The van der Waals surface area contributed by atoms with Gasteiger partial charge >= 0.3 is 0 Å². The highest BCUT2D eigenvalue weighted by molar-refractivity contribution is 5.80. The van der Waals surface area contributed by atoms with Gasteiger partial charge in [0.2, 0.25) is 11.8 Å². The molecule has 156 valence electrons. The lowest BCUT2D eigenvalue weighted by Crippen LogP contribution is -2.44. The molecule has 0 aromatic heterocycles. The predicted molar refractivity (Wildman–Crippen MR) is 112 cm³/mol. The Bertz CT molecular complexity index is 583. The fraction of sp³-hybridized carbons (Fsp3) is 0.652. The van der Waals surface area contributed by atoms with Crippen LogP contribution in [-0.2, 0) is 9.59 Å². The Balaban J connectivity index is 1.64. The Hall–Kier alpha value is -2.04. The van der Waals surface area contributed by atoms with E-state index in [0.717, 1.165) is 31.6 Å². The molecule has 5 heteroatoms. The number of hydrogen-bond donors (Lipinski definition) is 1. The first-order valence-corrected chi connectivity index (χ1v) is 10.9. The molecule has 1 saturated heterocycles. The third kappa shape index (κ3) is 7.53. The molecule has 1 unspecified atom stereocenters. The molecule has 1 heterocycles. The van der Waals surface area contributed by atoms with E-state index in [1.807, 2.05) is 35.2 Å². The van der Waals surface area contributed by atoms with E-state index in [-0.39, 0.29) is 17.7 Å². The Labute approximate surface area is 169 Å². The van der Waals surface area contributed by atoms with Gasteiger partial charge in [-0.1, -0.05) is 51.3 Å². The lowest BCUT2D eigenvalue weighted by Gasteiger charge is -2.31. The van der Waals surface area contributed by atoms with Crippen molar-refractivity contribution in [2.75, 3.05) is 26.2 Å². The molecule has 2 rings (SSSR count). The van der Waals surface area contributed by atoms with E-state index in [0.29, 0.717) is 32.0 Å². The molecule has 5 nitrogen and oxygen atoms in total. The highest BCUT2D eigenvalue weighted by atomic mass is 16.5. The van der Waals surface area contributed by atoms with Crippen molar-refractivity contribution in [1.82, 2.24) is 10.2 Å². The Morgan fingerprint density at radius 1 is 1.18 bits per heavy atom. The Morgan fingerprint density at radius 2 is 1.89 bits per heavy atom. The number of piperidine rings is 1. The van der Waals surface area contributed by atoms with Crippen molar-refractivity contribution in [3.8, 4) is 5.75 Å². The van der Waals surface area contributed by atoms with Crippen molar-refractivity contribution in [2.24, 2.45) is 11.8 Å². The minimum absolute atomic E-state index is 0.0355. The van der Waals surface area contributed by atoms with Gasteiger partial charge in [-0.3, -0.25) is 9.59 Å². The average Bonchev–Trinajstić information content (AvgIpc) is 2.74. The predicted octanol–water partition coefficient (Wildman–Crippen LogP) is 4.03. The molecule has 1 aliphatic heterocycles. The number of amides is 2. The summed E-state index contributed by atoms with van der Waals surface area (Å²) in [4.78, 5) is 26.7. The molecule has 1 aromatic carbocycles. The van der Waals surface area contributed by atoms with Gasteiger partial charge in [0.05, 0.1) is 13.0 Å². The standard InChI is InChI=1S/C23H36N2O3/c1-3-5-9-19(4-2)18-24-23(27)20-12-15-25(16-13-20)22(26)14-17-28-21-10-7-6-8-11-21/h6-8,10-11,19-20H,3-5,9,12-18H2,1-2H3,(H,24,27). The Kier molecular flexibility index (Phi) is 9.87. The van der Waals surface area contributed by atoms with Crippen molar-refractivity contribution >= 4 is 11.8 Å².